The average Bonchev–Trinajstić information content (AvgIpc) is 2.53. The van der Waals surface area contributed by atoms with Crippen LogP contribution in [-0.2, 0) is 4.79 Å². The zero-order valence-electron chi connectivity index (χ0n) is 14.0. The standard InChI is InChI=1S/C18H28N2O2/c1-14(2)16-4-6-17(7-5-16)15(3)20-12-10-19(11-13-20)9-8-18(21)22/h4-7,14-15H,8-13H2,1-3H3,(H,21,22). The van der Waals surface area contributed by atoms with Gasteiger partial charge in [0.15, 0.2) is 0 Å². The average molecular weight is 304 g/mol. The summed E-state index contributed by atoms with van der Waals surface area (Å²) in [5.41, 5.74) is 2.75. The van der Waals surface area contributed by atoms with E-state index in [1.165, 1.54) is 11.1 Å². The Morgan fingerprint density at radius 3 is 2.09 bits per heavy atom. The molecule has 122 valence electrons. The van der Waals surface area contributed by atoms with E-state index >= 15 is 0 Å². The molecule has 0 radical (unpaired) electrons. The summed E-state index contributed by atoms with van der Waals surface area (Å²) in [4.78, 5) is 15.4. The fourth-order valence-electron chi connectivity index (χ4n) is 3.00. The lowest BCUT2D eigenvalue weighted by molar-refractivity contribution is -0.137. The zero-order valence-corrected chi connectivity index (χ0v) is 14.0. The topological polar surface area (TPSA) is 43.8 Å². The maximum atomic E-state index is 10.6. The maximum Gasteiger partial charge on any atom is 0.304 e. The van der Waals surface area contributed by atoms with Crippen molar-refractivity contribution in [3.63, 3.8) is 0 Å². The van der Waals surface area contributed by atoms with Gasteiger partial charge in [-0.1, -0.05) is 38.1 Å². The van der Waals surface area contributed by atoms with Crippen LogP contribution in [0.5, 0.6) is 0 Å². The molecule has 0 aliphatic carbocycles. The van der Waals surface area contributed by atoms with Gasteiger partial charge in [0.2, 0.25) is 0 Å². The third-order valence-corrected chi connectivity index (χ3v) is 4.68. The molecule has 4 nitrogen and oxygen atoms in total. The molecule has 4 heteroatoms. The molecule has 1 heterocycles. The summed E-state index contributed by atoms with van der Waals surface area (Å²) in [6.07, 6.45) is 0.242. The van der Waals surface area contributed by atoms with Crippen molar-refractivity contribution in [3.8, 4) is 0 Å². The van der Waals surface area contributed by atoms with Gasteiger partial charge in [-0.2, -0.15) is 0 Å². The van der Waals surface area contributed by atoms with Crippen LogP contribution in [0.15, 0.2) is 24.3 Å². The molecule has 22 heavy (non-hydrogen) atoms. The first-order valence-corrected chi connectivity index (χ1v) is 8.25. The third kappa shape index (κ3) is 4.55. The van der Waals surface area contributed by atoms with Gasteiger partial charge in [0, 0.05) is 38.8 Å². The lowest BCUT2D eigenvalue weighted by Crippen LogP contribution is -2.47. The number of hydrogen-bond acceptors (Lipinski definition) is 3. The van der Waals surface area contributed by atoms with Crippen molar-refractivity contribution >= 4 is 5.97 Å². The summed E-state index contributed by atoms with van der Waals surface area (Å²) in [6.45, 7) is 11.3. The van der Waals surface area contributed by atoms with Crippen LogP contribution in [0, 0.1) is 0 Å². The Morgan fingerprint density at radius 2 is 1.59 bits per heavy atom. The molecular formula is C18H28N2O2. The zero-order chi connectivity index (χ0) is 16.1. The molecule has 2 rings (SSSR count). The van der Waals surface area contributed by atoms with Crippen LogP contribution in [0.3, 0.4) is 0 Å². The Kier molecular flexibility index (Phi) is 5.98. The van der Waals surface area contributed by atoms with Gasteiger partial charge in [0.1, 0.15) is 0 Å². The van der Waals surface area contributed by atoms with Crippen molar-refractivity contribution in [2.45, 2.75) is 39.2 Å². The van der Waals surface area contributed by atoms with E-state index in [0.29, 0.717) is 18.5 Å². The molecule has 0 amide bonds. The van der Waals surface area contributed by atoms with Crippen LogP contribution in [0.1, 0.15) is 50.3 Å². The fraction of sp³-hybridized carbons (Fsp3) is 0.611. The smallest absolute Gasteiger partial charge is 0.304 e. The number of rotatable bonds is 6. The molecule has 1 aromatic rings. The number of aliphatic carboxylic acids is 1. The van der Waals surface area contributed by atoms with Crippen LogP contribution >= 0.6 is 0 Å². The van der Waals surface area contributed by atoms with E-state index in [1.54, 1.807) is 0 Å². The van der Waals surface area contributed by atoms with E-state index in [-0.39, 0.29) is 6.42 Å². The van der Waals surface area contributed by atoms with Gasteiger partial charge in [0.25, 0.3) is 0 Å². The number of piperazine rings is 1. The number of hydrogen-bond donors (Lipinski definition) is 1. The van der Waals surface area contributed by atoms with Gasteiger partial charge < -0.3 is 10.0 Å². The molecule has 1 unspecified atom stereocenters. The molecule has 1 aliphatic rings. The van der Waals surface area contributed by atoms with Crippen LogP contribution in [0.2, 0.25) is 0 Å². The molecule has 1 aliphatic heterocycles. The van der Waals surface area contributed by atoms with Gasteiger partial charge in [0.05, 0.1) is 6.42 Å². The van der Waals surface area contributed by atoms with Crippen molar-refractivity contribution in [2.75, 3.05) is 32.7 Å². The Labute approximate surface area is 133 Å². The number of carboxylic acids is 1. The number of carbonyl (C=O) groups is 1. The first-order valence-electron chi connectivity index (χ1n) is 8.25. The van der Waals surface area contributed by atoms with Crippen molar-refractivity contribution < 1.29 is 9.90 Å². The van der Waals surface area contributed by atoms with Gasteiger partial charge in [-0.15, -0.1) is 0 Å². The summed E-state index contributed by atoms with van der Waals surface area (Å²) < 4.78 is 0. The van der Waals surface area contributed by atoms with E-state index in [4.69, 9.17) is 5.11 Å². The quantitative estimate of drug-likeness (QED) is 0.877. The third-order valence-electron chi connectivity index (χ3n) is 4.68. The van der Waals surface area contributed by atoms with E-state index in [9.17, 15) is 4.79 Å². The Morgan fingerprint density at radius 1 is 1.05 bits per heavy atom. The highest BCUT2D eigenvalue weighted by molar-refractivity contribution is 5.66. The van der Waals surface area contributed by atoms with Gasteiger partial charge in [-0.25, -0.2) is 0 Å². The molecule has 0 saturated carbocycles. The van der Waals surface area contributed by atoms with Gasteiger partial charge >= 0.3 is 5.97 Å². The molecule has 0 aromatic heterocycles. The summed E-state index contributed by atoms with van der Waals surface area (Å²) in [6, 6.07) is 9.38. The second-order valence-corrected chi connectivity index (χ2v) is 6.52. The summed E-state index contributed by atoms with van der Waals surface area (Å²) >= 11 is 0. The predicted octanol–water partition coefficient (Wildman–Crippen LogP) is 2.96. The highest BCUT2D eigenvalue weighted by atomic mass is 16.4. The normalized spacial score (nSPS) is 18.5. The Bertz CT molecular complexity index is 476. The lowest BCUT2D eigenvalue weighted by Gasteiger charge is -2.38. The van der Waals surface area contributed by atoms with Crippen molar-refractivity contribution in [3.05, 3.63) is 35.4 Å². The Hall–Kier alpha value is -1.39. The minimum atomic E-state index is -0.707. The molecule has 1 N–H and O–H groups in total. The number of carboxylic acid groups (broad SMARTS) is 1. The van der Waals surface area contributed by atoms with Crippen LogP contribution < -0.4 is 0 Å². The first-order chi connectivity index (χ1) is 10.5. The highest BCUT2D eigenvalue weighted by Crippen LogP contribution is 2.24. The van der Waals surface area contributed by atoms with E-state index < -0.39 is 5.97 Å². The van der Waals surface area contributed by atoms with E-state index in [2.05, 4.69) is 54.8 Å². The molecule has 1 aromatic carbocycles. The van der Waals surface area contributed by atoms with Gasteiger partial charge in [-0.3, -0.25) is 9.69 Å². The highest BCUT2D eigenvalue weighted by Gasteiger charge is 2.22. The second-order valence-electron chi connectivity index (χ2n) is 6.52. The van der Waals surface area contributed by atoms with Crippen LogP contribution in [0.25, 0.3) is 0 Å². The van der Waals surface area contributed by atoms with E-state index in [0.717, 1.165) is 26.2 Å². The molecule has 1 fully saturated rings. The molecule has 0 spiro atoms. The van der Waals surface area contributed by atoms with Crippen molar-refractivity contribution in [1.29, 1.82) is 0 Å². The Balaban J connectivity index is 1.86. The van der Waals surface area contributed by atoms with Crippen molar-refractivity contribution in [2.24, 2.45) is 0 Å². The number of benzene rings is 1. The molecule has 1 atom stereocenters. The predicted molar refractivity (Wildman–Crippen MR) is 89.2 cm³/mol. The van der Waals surface area contributed by atoms with Gasteiger partial charge in [-0.05, 0) is 24.0 Å². The first kappa shape index (κ1) is 17.0. The largest absolute Gasteiger partial charge is 0.481 e. The molecule has 0 bridgehead atoms. The lowest BCUT2D eigenvalue weighted by atomic mass is 9.99. The number of nitrogens with zero attached hydrogens (tertiary/aromatic N) is 2. The molecular weight excluding hydrogens is 276 g/mol. The minimum Gasteiger partial charge on any atom is -0.481 e. The summed E-state index contributed by atoms with van der Waals surface area (Å²) in [7, 11) is 0. The second kappa shape index (κ2) is 7.75. The van der Waals surface area contributed by atoms with E-state index in [1.807, 2.05) is 0 Å². The SMILES string of the molecule is CC(C)c1ccc(C(C)N2CCN(CCC(=O)O)CC2)cc1. The fourth-order valence-corrected chi connectivity index (χ4v) is 3.00. The monoisotopic (exact) mass is 304 g/mol. The molecule has 1 saturated heterocycles. The van der Waals surface area contributed by atoms with Crippen molar-refractivity contribution in [1.82, 2.24) is 9.80 Å². The summed E-state index contributed by atoms with van der Waals surface area (Å²) in [5, 5.41) is 8.76. The van der Waals surface area contributed by atoms with Crippen LogP contribution in [0.4, 0.5) is 0 Å². The minimum absolute atomic E-state index is 0.242. The maximum absolute atomic E-state index is 10.6. The van der Waals surface area contributed by atoms with Crippen LogP contribution in [-0.4, -0.2) is 53.6 Å². The summed E-state index contributed by atoms with van der Waals surface area (Å²) in [5.74, 6) is -0.136.